The predicted molar refractivity (Wildman–Crippen MR) is 78.5 cm³/mol. The summed E-state index contributed by atoms with van der Waals surface area (Å²) in [4.78, 5) is 23.2. The van der Waals surface area contributed by atoms with Gasteiger partial charge >= 0.3 is 12.0 Å². The maximum absolute atomic E-state index is 12.0. The summed E-state index contributed by atoms with van der Waals surface area (Å²) in [5.41, 5.74) is -0.516. The fourth-order valence-corrected chi connectivity index (χ4v) is 2.69. The van der Waals surface area contributed by atoms with E-state index in [1.807, 2.05) is 0 Å². The number of rotatable bonds is 3. The number of nitrogens with one attached hydrogen (secondary N) is 2. The Kier molecular flexibility index (Phi) is 5.42. The van der Waals surface area contributed by atoms with Gasteiger partial charge in [0.05, 0.1) is 0 Å². The van der Waals surface area contributed by atoms with Gasteiger partial charge in [-0.2, -0.15) is 0 Å². The van der Waals surface area contributed by atoms with E-state index in [2.05, 4.69) is 24.5 Å². The maximum atomic E-state index is 12.0. The van der Waals surface area contributed by atoms with Crippen molar-refractivity contribution in [1.82, 2.24) is 10.6 Å². The van der Waals surface area contributed by atoms with E-state index in [4.69, 9.17) is 0 Å². The van der Waals surface area contributed by atoms with Crippen molar-refractivity contribution in [2.45, 2.75) is 66.0 Å². The first kappa shape index (κ1) is 16.8. The van der Waals surface area contributed by atoms with Crippen LogP contribution in [-0.4, -0.2) is 29.2 Å². The molecule has 4 atom stereocenters. The molecule has 1 fully saturated rings. The molecule has 0 spiro atoms. The number of hydrogen-bond acceptors (Lipinski definition) is 2. The molecule has 1 saturated carbocycles. The standard InChI is InChI=1S/C15H28N2O3/c1-9-6-7-11(8-10(9)2)16-14(20)17-12(13(18)19)15(3,4)5/h9-12H,6-8H2,1-5H3,(H,18,19)(H2,16,17,20)/t9?,10?,11?,12-/m1/s1. The van der Waals surface area contributed by atoms with Crippen molar-refractivity contribution in [2.24, 2.45) is 17.3 Å². The summed E-state index contributed by atoms with van der Waals surface area (Å²) in [6.07, 6.45) is 3.03. The van der Waals surface area contributed by atoms with Crippen LogP contribution in [0.15, 0.2) is 0 Å². The molecule has 1 aliphatic carbocycles. The Bertz CT molecular complexity index is 363. The molecule has 5 nitrogen and oxygen atoms in total. The molecule has 116 valence electrons. The lowest BCUT2D eigenvalue weighted by atomic mass is 9.79. The molecule has 3 N–H and O–H groups in total. The van der Waals surface area contributed by atoms with Gasteiger partial charge < -0.3 is 15.7 Å². The summed E-state index contributed by atoms with van der Waals surface area (Å²) < 4.78 is 0. The van der Waals surface area contributed by atoms with E-state index in [9.17, 15) is 14.7 Å². The highest BCUT2D eigenvalue weighted by Gasteiger charge is 2.33. The van der Waals surface area contributed by atoms with E-state index < -0.39 is 17.4 Å². The van der Waals surface area contributed by atoms with Crippen LogP contribution in [0.3, 0.4) is 0 Å². The van der Waals surface area contributed by atoms with Crippen molar-refractivity contribution in [3.63, 3.8) is 0 Å². The van der Waals surface area contributed by atoms with Crippen molar-refractivity contribution < 1.29 is 14.7 Å². The Morgan fingerprint density at radius 2 is 1.75 bits per heavy atom. The second kappa shape index (κ2) is 6.46. The molecule has 0 aromatic rings. The lowest BCUT2D eigenvalue weighted by Gasteiger charge is -2.33. The van der Waals surface area contributed by atoms with E-state index in [1.165, 1.54) is 0 Å². The zero-order valence-corrected chi connectivity index (χ0v) is 13.2. The maximum Gasteiger partial charge on any atom is 0.326 e. The number of hydrogen-bond donors (Lipinski definition) is 3. The fourth-order valence-electron chi connectivity index (χ4n) is 2.69. The van der Waals surface area contributed by atoms with E-state index in [0.29, 0.717) is 11.8 Å². The van der Waals surface area contributed by atoms with Crippen LogP contribution in [0, 0.1) is 17.3 Å². The summed E-state index contributed by atoms with van der Waals surface area (Å²) in [6, 6.07) is -1.11. The van der Waals surface area contributed by atoms with Crippen LogP contribution in [0.4, 0.5) is 4.79 Å². The van der Waals surface area contributed by atoms with Crippen LogP contribution in [0.5, 0.6) is 0 Å². The van der Waals surface area contributed by atoms with Gasteiger partial charge in [0.1, 0.15) is 6.04 Å². The van der Waals surface area contributed by atoms with E-state index in [1.54, 1.807) is 20.8 Å². The highest BCUT2D eigenvalue weighted by atomic mass is 16.4. The average Bonchev–Trinajstić information content (AvgIpc) is 2.29. The molecule has 3 unspecified atom stereocenters. The quantitative estimate of drug-likeness (QED) is 0.745. The highest BCUT2D eigenvalue weighted by molar-refractivity contribution is 5.83. The molecule has 0 aromatic carbocycles. The molecule has 0 saturated heterocycles. The molecule has 5 heteroatoms. The van der Waals surface area contributed by atoms with Gasteiger partial charge in [0, 0.05) is 6.04 Å². The molecule has 0 aliphatic heterocycles. The minimum Gasteiger partial charge on any atom is -0.480 e. The monoisotopic (exact) mass is 284 g/mol. The minimum atomic E-state index is -1.00. The predicted octanol–water partition coefficient (Wildman–Crippen LogP) is 2.61. The van der Waals surface area contributed by atoms with E-state index in [0.717, 1.165) is 19.3 Å². The van der Waals surface area contributed by atoms with Gasteiger partial charge in [0.15, 0.2) is 0 Å². The fraction of sp³-hybridized carbons (Fsp3) is 0.867. The van der Waals surface area contributed by atoms with Crippen molar-refractivity contribution in [3.05, 3.63) is 0 Å². The largest absolute Gasteiger partial charge is 0.480 e. The number of amides is 2. The van der Waals surface area contributed by atoms with Crippen molar-refractivity contribution >= 4 is 12.0 Å². The zero-order valence-electron chi connectivity index (χ0n) is 13.2. The number of carboxylic acid groups (broad SMARTS) is 1. The Labute approximate surface area is 121 Å². The molecule has 0 radical (unpaired) electrons. The molecule has 0 bridgehead atoms. The van der Waals surface area contributed by atoms with Crippen molar-refractivity contribution in [1.29, 1.82) is 0 Å². The topological polar surface area (TPSA) is 78.4 Å². The summed E-state index contributed by atoms with van der Waals surface area (Å²) in [6.45, 7) is 9.84. The Hall–Kier alpha value is -1.26. The molecular formula is C15H28N2O3. The molecule has 1 rings (SSSR count). The lowest BCUT2D eigenvalue weighted by Crippen LogP contribution is -2.54. The van der Waals surface area contributed by atoms with Crippen molar-refractivity contribution in [2.75, 3.05) is 0 Å². The second-order valence-electron chi connectivity index (χ2n) is 7.22. The van der Waals surface area contributed by atoms with Crippen LogP contribution in [-0.2, 0) is 4.79 Å². The van der Waals surface area contributed by atoms with E-state index >= 15 is 0 Å². The molecule has 0 heterocycles. The second-order valence-corrected chi connectivity index (χ2v) is 7.22. The van der Waals surface area contributed by atoms with Crippen LogP contribution in [0.2, 0.25) is 0 Å². The Balaban J connectivity index is 2.52. The summed E-state index contributed by atoms with van der Waals surface area (Å²) in [5, 5.41) is 14.7. The average molecular weight is 284 g/mol. The van der Waals surface area contributed by atoms with Gasteiger partial charge in [-0.15, -0.1) is 0 Å². The third-order valence-electron chi connectivity index (χ3n) is 4.32. The zero-order chi connectivity index (χ0) is 15.5. The SMILES string of the molecule is CC1CCC(NC(=O)N[C@H](C(=O)O)C(C)(C)C)CC1C. The van der Waals surface area contributed by atoms with Crippen LogP contribution in [0.25, 0.3) is 0 Å². The highest BCUT2D eigenvalue weighted by Crippen LogP contribution is 2.29. The van der Waals surface area contributed by atoms with Gasteiger partial charge in [-0.05, 0) is 36.5 Å². The van der Waals surface area contributed by atoms with Gasteiger partial charge in [-0.25, -0.2) is 9.59 Å². The normalized spacial score (nSPS) is 28.6. The molecular weight excluding hydrogens is 256 g/mol. The van der Waals surface area contributed by atoms with Crippen LogP contribution < -0.4 is 10.6 Å². The Morgan fingerprint density at radius 1 is 1.15 bits per heavy atom. The van der Waals surface area contributed by atoms with Gasteiger partial charge in [-0.3, -0.25) is 0 Å². The molecule has 2 amide bonds. The third kappa shape index (κ3) is 4.69. The number of carbonyl (C=O) groups excluding carboxylic acids is 1. The van der Waals surface area contributed by atoms with Crippen LogP contribution in [0.1, 0.15) is 53.9 Å². The minimum absolute atomic E-state index is 0.149. The van der Waals surface area contributed by atoms with Gasteiger partial charge in [0.25, 0.3) is 0 Å². The van der Waals surface area contributed by atoms with E-state index in [-0.39, 0.29) is 12.1 Å². The van der Waals surface area contributed by atoms with Gasteiger partial charge in [0.2, 0.25) is 0 Å². The number of aliphatic carboxylic acids is 1. The molecule has 0 aromatic heterocycles. The first-order valence-corrected chi connectivity index (χ1v) is 7.41. The number of urea groups is 1. The number of carbonyl (C=O) groups is 2. The number of carboxylic acids is 1. The Morgan fingerprint density at radius 3 is 2.20 bits per heavy atom. The summed E-state index contributed by atoms with van der Waals surface area (Å²) in [7, 11) is 0. The molecule has 20 heavy (non-hydrogen) atoms. The van der Waals surface area contributed by atoms with Gasteiger partial charge in [-0.1, -0.05) is 34.6 Å². The third-order valence-corrected chi connectivity index (χ3v) is 4.32. The molecule has 1 aliphatic rings. The summed E-state index contributed by atoms with van der Waals surface area (Å²) >= 11 is 0. The van der Waals surface area contributed by atoms with Crippen molar-refractivity contribution in [3.8, 4) is 0 Å². The lowest BCUT2D eigenvalue weighted by molar-refractivity contribution is -0.141. The first-order valence-electron chi connectivity index (χ1n) is 7.41. The smallest absolute Gasteiger partial charge is 0.326 e. The van der Waals surface area contributed by atoms with Crippen LogP contribution >= 0.6 is 0 Å². The first-order chi connectivity index (χ1) is 9.11. The summed E-state index contributed by atoms with van der Waals surface area (Å²) in [5.74, 6) is 0.280.